The third-order valence-electron chi connectivity index (χ3n) is 5.34. The smallest absolute Gasteiger partial charge is 0.255 e. The molecule has 0 heterocycles. The minimum Gasteiger partial charge on any atom is -0.345 e. The Labute approximate surface area is 194 Å². The van der Waals surface area contributed by atoms with Crippen molar-refractivity contribution in [2.45, 2.75) is 19.9 Å². The molecule has 3 rings (SSSR count). The average Bonchev–Trinajstić information content (AvgIpc) is 2.84. The first-order chi connectivity index (χ1) is 15.7. The van der Waals surface area contributed by atoms with Crippen molar-refractivity contribution in [2.24, 2.45) is 0 Å². The fourth-order valence-electron chi connectivity index (χ4n) is 3.26. The first-order valence-electron chi connectivity index (χ1n) is 10.6. The molecule has 0 aliphatic rings. The van der Waals surface area contributed by atoms with E-state index in [1.165, 1.54) is 11.4 Å². The van der Waals surface area contributed by atoms with Gasteiger partial charge in [-0.25, -0.2) is 8.42 Å². The van der Waals surface area contributed by atoms with E-state index in [0.717, 1.165) is 5.56 Å². The molecule has 3 aromatic carbocycles. The van der Waals surface area contributed by atoms with Crippen LogP contribution in [0.5, 0.6) is 0 Å². The summed E-state index contributed by atoms with van der Waals surface area (Å²) in [5.41, 5.74) is 2.51. The van der Waals surface area contributed by atoms with E-state index in [4.69, 9.17) is 0 Å². The quantitative estimate of drug-likeness (QED) is 0.521. The van der Waals surface area contributed by atoms with Crippen LogP contribution in [0.1, 0.15) is 46.2 Å². The van der Waals surface area contributed by atoms with Crippen LogP contribution < -0.4 is 14.9 Å². The molecule has 2 N–H and O–H groups in total. The van der Waals surface area contributed by atoms with Crippen molar-refractivity contribution in [3.05, 3.63) is 95.6 Å². The van der Waals surface area contributed by atoms with Crippen LogP contribution in [0.4, 0.5) is 11.4 Å². The molecule has 7 nitrogen and oxygen atoms in total. The summed E-state index contributed by atoms with van der Waals surface area (Å²) in [5, 5.41) is 5.73. The van der Waals surface area contributed by atoms with Crippen LogP contribution in [0.2, 0.25) is 0 Å². The number of nitrogens with one attached hydrogen (secondary N) is 2. The number of rotatable bonds is 8. The zero-order chi connectivity index (χ0) is 24.0. The molecule has 0 radical (unpaired) electrons. The Balaban J connectivity index is 1.74. The molecule has 0 fully saturated rings. The van der Waals surface area contributed by atoms with Crippen molar-refractivity contribution in [3.63, 3.8) is 0 Å². The Kier molecular flexibility index (Phi) is 7.50. The molecule has 8 heteroatoms. The molecule has 1 atom stereocenters. The van der Waals surface area contributed by atoms with Gasteiger partial charge in [0.05, 0.1) is 28.7 Å². The summed E-state index contributed by atoms with van der Waals surface area (Å²) in [6.45, 7) is 3.47. The SMILES string of the molecule is CCS(=O)(=O)N(C)c1ccc(C(=O)Nc2ccccc2C(=O)NC(C)c2ccccc2)cc1. The zero-order valence-corrected chi connectivity index (χ0v) is 19.6. The molecule has 0 saturated heterocycles. The van der Waals surface area contributed by atoms with Crippen LogP contribution in [0.3, 0.4) is 0 Å². The number of anilines is 2. The second kappa shape index (κ2) is 10.3. The third kappa shape index (κ3) is 5.78. The Hall–Kier alpha value is -3.65. The second-order valence-electron chi connectivity index (χ2n) is 7.52. The van der Waals surface area contributed by atoms with Crippen molar-refractivity contribution >= 4 is 33.2 Å². The van der Waals surface area contributed by atoms with E-state index >= 15 is 0 Å². The lowest BCUT2D eigenvalue weighted by Gasteiger charge is -2.18. The van der Waals surface area contributed by atoms with Crippen LogP contribution in [-0.2, 0) is 10.0 Å². The minimum atomic E-state index is -3.39. The molecule has 33 heavy (non-hydrogen) atoms. The lowest BCUT2D eigenvalue weighted by Crippen LogP contribution is -2.28. The third-order valence-corrected chi connectivity index (χ3v) is 7.12. The minimum absolute atomic E-state index is 0.0204. The van der Waals surface area contributed by atoms with Gasteiger partial charge in [-0.2, -0.15) is 0 Å². The predicted octanol–water partition coefficient (Wildman–Crippen LogP) is 4.22. The van der Waals surface area contributed by atoms with E-state index in [9.17, 15) is 18.0 Å². The van der Waals surface area contributed by atoms with Crippen molar-refractivity contribution in [2.75, 3.05) is 22.4 Å². The maximum Gasteiger partial charge on any atom is 0.255 e. The molecular formula is C25H27N3O4S. The lowest BCUT2D eigenvalue weighted by molar-refractivity contribution is 0.0940. The number of hydrogen-bond donors (Lipinski definition) is 2. The van der Waals surface area contributed by atoms with Gasteiger partial charge < -0.3 is 10.6 Å². The summed E-state index contributed by atoms with van der Waals surface area (Å²) >= 11 is 0. The Morgan fingerprint density at radius 2 is 1.48 bits per heavy atom. The molecule has 0 spiro atoms. The number of benzene rings is 3. The zero-order valence-electron chi connectivity index (χ0n) is 18.8. The first kappa shape index (κ1) is 24.0. The Morgan fingerprint density at radius 1 is 0.879 bits per heavy atom. The maximum atomic E-state index is 12.9. The maximum absolute atomic E-state index is 12.9. The fourth-order valence-corrected chi connectivity index (χ4v) is 4.09. The molecule has 172 valence electrons. The Morgan fingerprint density at radius 3 is 2.12 bits per heavy atom. The number of sulfonamides is 1. The van der Waals surface area contributed by atoms with Crippen LogP contribution in [0.25, 0.3) is 0 Å². The van der Waals surface area contributed by atoms with Gasteiger partial charge in [0.2, 0.25) is 10.0 Å². The highest BCUT2D eigenvalue weighted by Crippen LogP contribution is 2.21. The first-order valence-corrected chi connectivity index (χ1v) is 12.2. The molecule has 0 aliphatic heterocycles. The van der Waals surface area contributed by atoms with Gasteiger partial charge in [0, 0.05) is 12.6 Å². The highest BCUT2D eigenvalue weighted by Gasteiger charge is 2.18. The van der Waals surface area contributed by atoms with E-state index in [0.29, 0.717) is 22.5 Å². The van der Waals surface area contributed by atoms with Gasteiger partial charge >= 0.3 is 0 Å². The van der Waals surface area contributed by atoms with Crippen LogP contribution in [0.15, 0.2) is 78.9 Å². The summed E-state index contributed by atoms with van der Waals surface area (Å²) in [7, 11) is -1.92. The second-order valence-corrected chi connectivity index (χ2v) is 9.81. The number of carbonyl (C=O) groups is 2. The molecule has 2 amide bonds. The van der Waals surface area contributed by atoms with Gasteiger partial charge in [0.15, 0.2) is 0 Å². The van der Waals surface area contributed by atoms with Crippen molar-refractivity contribution < 1.29 is 18.0 Å². The number of carbonyl (C=O) groups excluding carboxylic acids is 2. The summed E-state index contributed by atoms with van der Waals surface area (Å²) in [5.74, 6) is -0.726. The van der Waals surface area contributed by atoms with E-state index < -0.39 is 15.9 Å². The molecule has 0 aliphatic carbocycles. The molecular weight excluding hydrogens is 438 g/mol. The normalized spacial score (nSPS) is 12.0. The largest absolute Gasteiger partial charge is 0.345 e. The van der Waals surface area contributed by atoms with E-state index in [-0.39, 0.29) is 17.7 Å². The van der Waals surface area contributed by atoms with Crippen molar-refractivity contribution in [3.8, 4) is 0 Å². The summed E-state index contributed by atoms with van der Waals surface area (Å²) in [4.78, 5) is 25.7. The van der Waals surface area contributed by atoms with Gasteiger partial charge in [-0.15, -0.1) is 0 Å². The van der Waals surface area contributed by atoms with Gasteiger partial charge in [-0.3, -0.25) is 13.9 Å². The average molecular weight is 466 g/mol. The van der Waals surface area contributed by atoms with E-state index in [1.807, 2.05) is 37.3 Å². The van der Waals surface area contributed by atoms with Crippen LogP contribution in [0, 0.1) is 0 Å². The number of amides is 2. The van der Waals surface area contributed by atoms with Crippen LogP contribution in [-0.4, -0.2) is 33.0 Å². The lowest BCUT2D eigenvalue weighted by atomic mass is 10.1. The highest BCUT2D eigenvalue weighted by atomic mass is 32.2. The van der Waals surface area contributed by atoms with Gasteiger partial charge in [0.1, 0.15) is 0 Å². The molecule has 0 bridgehead atoms. The monoisotopic (exact) mass is 465 g/mol. The van der Waals surface area contributed by atoms with Gasteiger partial charge in [-0.1, -0.05) is 42.5 Å². The van der Waals surface area contributed by atoms with Gasteiger partial charge in [-0.05, 0) is 55.8 Å². The summed E-state index contributed by atoms with van der Waals surface area (Å²) in [6.07, 6.45) is 0. The topological polar surface area (TPSA) is 95.6 Å². The van der Waals surface area contributed by atoms with E-state index in [1.54, 1.807) is 55.5 Å². The molecule has 3 aromatic rings. The summed E-state index contributed by atoms with van der Waals surface area (Å²) < 4.78 is 25.3. The standard InChI is InChI=1S/C25H27N3O4S/c1-4-33(31,32)28(3)21-16-14-20(15-17-21)24(29)27-23-13-9-8-12-22(23)25(30)26-18(2)19-10-6-5-7-11-19/h5-18H,4H2,1-3H3,(H,26,30)(H,27,29). The van der Waals surface area contributed by atoms with Crippen molar-refractivity contribution in [1.82, 2.24) is 5.32 Å². The number of nitrogens with zero attached hydrogens (tertiary/aromatic N) is 1. The molecule has 0 aromatic heterocycles. The predicted molar refractivity (Wildman–Crippen MR) is 131 cm³/mol. The molecule has 1 unspecified atom stereocenters. The molecule has 0 saturated carbocycles. The highest BCUT2D eigenvalue weighted by molar-refractivity contribution is 7.92. The van der Waals surface area contributed by atoms with Crippen LogP contribution >= 0.6 is 0 Å². The van der Waals surface area contributed by atoms with Gasteiger partial charge in [0.25, 0.3) is 11.8 Å². The number of para-hydroxylation sites is 1. The van der Waals surface area contributed by atoms with E-state index in [2.05, 4.69) is 10.6 Å². The van der Waals surface area contributed by atoms with Crippen molar-refractivity contribution in [1.29, 1.82) is 0 Å². The number of hydrogen-bond acceptors (Lipinski definition) is 4. The Bertz CT molecular complexity index is 1230. The summed E-state index contributed by atoms with van der Waals surface area (Å²) in [6, 6.07) is 22.4. The fraction of sp³-hybridized carbons (Fsp3) is 0.200.